The summed E-state index contributed by atoms with van der Waals surface area (Å²) in [4.78, 5) is 7.03. The van der Waals surface area contributed by atoms with Crippen molar-refractivity contribution < 1.29 is 0 Å². The molecule has 1 N–H and O–H groups in total. The molecule has 5 nitrogen and oxygen atoms in total. The fraction of sp³-hybridized carbons (Fsp3) is 0.333. The molecule has 1 aromatic carbocycles. The Morgan fingerprint density at radius 3 is 3.04 bits per heavy atom. The minimum atomic E-state index is 0.885. The van der Waals surface area contributed by atoms with E-state index in [0.717, 1.165) is 49.6 Å². The van der Waals surface area contributed by atoms with Crippen molar-refractivity contribution in [3.8, 4) is 0 Å². The average Bonchev–Trinajstić information content (AvgIpc) is 3.21. The highest BCUT2D eigenvalue weighted by molar-refractivity contribution is 5.58. The first-order valence-electron chi connectivity index (χ1n) is 8.25. The van der Waals surface area contributed by atoms with Gasteiger partial charge in [0.25, 0.3) is 0 Å². The third kappa shape index (κ3) is 2.63. The maximum Gasteiger partial charge on any atom is 0.157 e. The second kappa shape index (κ2) is 5.91. The van der Waals surface area contributed by atoms with E-state index in [1.165, 1.54) is 11.3 Å². The summed E-state index contributed by atoms with van der Waals surface area (Å²) in [5.74, 6) is 1.02. The maximum atomic E-state index is 4.58. The van der Waals surface area contributed by atoms with Gasteiger partial charge in [0.1, 0.15) is 5.82 Å². The first kappa shape index (κ1) is 14.1. The summed E-state index contributed by atoms with van der Waals surface area (Å²) in [5.41, 5.74) is 4.83. The predicted octanol–water partition coefficient (Wildman–Crippen LogP) is 2.77. The minimum Gasteiger partial charge on any atom is -0.369 e. The normalized spacial score (nSPS) is 13.5. The number of benzene rings is 1. The van der Waals surface area contributed by atoms with Crippen LogP contribution in [-0.2, 0) is 12.8 Å². The van der Waals surface area contributed by atoms with E-state index in [9.17, 15) is 0 Å². The van der Waals surface area contributed by atoms with Gasteiger partial charge in [0.05, 0.1) is 6.20 Å². The van der Waals surface area contributed by atoms with Crippen LogP contribution in [0.25, 0.3) is 5.65 Å². The van der Waals surface area contributed by atoms with Crippen molar-refractivity contribution in [3.63, 3.8) is 0 Å². The number of para-hydroxylation sites is 1. The van der Waals surface area contributed by atoms with Gasteiger partial charge in [-0.25, -0.2) is 4.98 Å². The largest absolute Gasteiger partial charge is 0.369 e. The average molecular weight is 307 g/mol. The number of hydrogen-bond acceptors (Lipinski definition) is 4. The third-order valence-corrected chi connectivity index (χ3v) is 4.45. The molecule has 0 atom stereocenters. The number of aromatic nitrogens is 3. The Bertz CT molecular complexity index is 823. The van der Waals surface area contributed by atoms with Crippen LogP contribution in [0.3, 0.4) is 0 Å². The van der Waals surface area contributed by atoms with Crippen LogP contribution < -0.4 is 10.2 Å². The molecule has 0 saturated carbocycles. The van der Waals surface area contributed by atoms with Gasteiger partial charge in [-0.15, -0.1) is 0 Å². The molecule has 2 aromatic heterocycles. The van der Waals surface area contributed by atoms with Gasteiger partial charge in [-0.05, 0) is 24.5 Å². The Hall–Kier alpha value is -2.56. The quantitative estimate of drug-likeness (QED) is 0.787. The highest BCUT2D eigenvalue weighted by Crippen LogP contribution is 2.26. The van der Waals surface area contributed by atoms with Crippen LogP contribution in [0.4, 0.5) is 11.5 Å². The van der Waals surface area contributed by atoms with Crippen molar-refractivity contribution in [1.82, 2.24) is 14.6 Å². The monoisotopic (exact) mass is 307 g/mol. The number of anilines is 2. The van der Waals surface area contributed by atoms with Crippen LogP contribution in [0, 0.1) is 0 Å². The van der Waals surface area contributed by atoms with E-state index in [1.807, 2.05) is 10.6 Å². The van der Waals surface area contributed by atoms with Gasteiger partial charge in [-0.2, -0.15) is 9.61 Å². The van der Waals surface area contributed by atoms with E-state index in [2.05, 4.69) is 57.6 Å². The van der Waals surface area contributed by atoms with Crippen LogP contribution in [-0.4, -0.2) is 34.2 Å². The fourth-order valence-corrected chi connectivity index (χ4v) is 3.23. The Labute approximate surface area is 136 Å². The zero-order valence-electron chi connectivity index (χ0n) is 13.4. The van der Waals surface area contributed by atoms with E-state index in [0.29, 0.717) is 0 Å². The molecule has 0 aliphatic carbocycles. The molecular weight excluding hydrogens is 286 g/mol. The maximum absolute atomic E-state index is 4.58. The molecule has 3 heterocycles. The van der Waals surface area contributed by atoms with Crippen molar-refractivity contribution in [3.05, 3.63) is 53.9 Å². The predicted molar refractivity (Wildman–Crippen MR) is 93.2 cm³/mol. The molecular formula is C18H21N5. The number of fused-ring (bicyclic) bond motifs is 2. The van der Waals surface area contributed by atoms with Gasteiger partial charge in [0.2, 0.25) is 0 Å². The van der Waals surface area contributed by atoms with E-state index >= 15 is 0 Å². The molecule has 0 spiro atoms. The molecule has 23 heavy (non-hydrogen) atoms. The number of aryl methyl sites for hydroxylation is 1. The molecule has 4 rings (SSSR count). The van der Waals surface area contributed by atoms with Gasteiger partial charge in [0, 0.05) is 43.1 Å². The zero-order valence-corrected chi connectivity index (χ0v) is 13.4. The summed E-state index contributed by atoms with van der Waals surface area (Å²) in [6.45, 7) is 5.11. The van der Waals surface area contributed by atoms with Crippen molar-refractivity contribution in [2.75, 3.05) is 29.9 Å². The summed E-state index contributed by atoms with van der Waals surface area (Å²) in [6, 6.07) is 12.7. The van der Waals surface area contributed by atoms with Crippen molar-refractivity contribution >= 4 is 17.2 Å². The van der Waals surface area contributed by atoms with Crippen molar-refractivity contribution in [2.45, 2.75) is 19.8 Å². The second-order valence-electron chi connectivity index (χ2n) is 5.88. The lowest BCUT2D eigenvalue weighted by molar-refractivity contribution is 0.827. The first-order chi connectivity index (χ1) is 11.3. The summed E-state index contributed by atoms with van der Waals surface area (Å²) < 4.78 is 1.87. The highest BCUT2D eigenvalue weighted by Gasteiger charge is 2.17. The van der Waals surface area contributed by atoms with E-state index < -0.39 is 0 Å². The van der Waals surface area contributed by atoms with E-state index in [-0.39, 0.29) is 0 Å². The molecule has 1 aliphatic rings. The van der Waals surface area contributed by atoms with E-state index in [1.54, 1.807) is 6.20 Å². The molecule has 0 fully saturated rings. The van der Waals surface area contributed by atoms with Crippen LogP contribution in [0.1, 0.15) is 18.2 Å². The third-order valence-electron chi connectivity index (χ3n) is 4.45. The number of nitrogens with zero attached hydrogens (tertiary/aromatic N) is 4. The highest BCUT2D eigenvalue weighted by atomic mass is 15.3. The Balaban J connectivity index is 1.47. The van der Waals surface area contributed by atoms with Gasteiger partial charge >= 0.3 is 0 Å². The Morgan fingerprint density at radius 1 is 1.22 bits per heavy atom. The van der Waals surface area contributed by atoms with Crippen molar-refractivity contribution in [2.24, 2.45) is 0 Å². The fourth-order valence-electron chi connectivity index (χ4n) is 3.23. The van der Waals surface area contributed by atoms with Gasteiger partial charge in [0.15, 0.2) is 5.65 Å². The topological polar surface area (TPSA) is 45.5 Å². The Morgan fingerprint density at radius 2 is 2.13 bits per heavy atom. The molecule has 0 amide bonds. The lowest BCUT2D eigenvalue weighted by Crippen LogP contribution is -2.27. The lowest BCUT2D eigenvalue weighted by Gasteiger charge is -2.20. The van der Waals surface area contributed by atoms with Gasteiger partial charge in [-0.1, -0.05) is 25.1 Å². The molecule has 5 heteroatoms. The lowest BCUT2D eigenvalue weighted by atomic mass is 10.2. The Kier molecular flexibility index (Phi) is 3.61. The van der Waals surface area contributed by atoms with E-state index in [4.69, 9.17) is 0 Å². The minimum absolute atomic E-state index is 0.885. The van der Waals surface area contributed by atoms with Gasteiger partial charge < -0.3 is 10.2 Å². The molecule has 118 valence electrons. The standard InChI is InChI=1S/C18H21N5/c1-2-15-13-18(23-17(21-15)7-9-20-23)19-10-12-22-11-8-14-5-3-4-6-16(14)22/h3-7,9,13,19H,2,8,10-12H2,1H3. The van der Waals surface area contributed by atoms with Crippen LogP contribution in [0.5, 0.6) is 0 Å². The summed E-state index contributed by atoms with van der Waals surface area (Å²) in [5, 5.41) is 7.88. The molecule has 0 bridgehead atoms. The summed E-state index contributed by atoms with van der Waals surface area (Å²) >= 11 is 0. The summed E-state index contributed by atoms with van der Waals surface area (Å²) in [6.07, 6.45) is 3.87. The van der Waals surface area contributed by atoms with Crippen LogP contribution >= 0.6 is 0 Å². The van der Waals surface area contributed by atoms with Gasteiger partial charge in [-0.3, -0.25) is 0 Å². The second-order valence-corrected chi connectivity index (χ2v) is 5.88. The van der Waals surface area contributed by atoms with Crippen molar-refractivity contribution in [1.29, 1.82) is 0 Å². The molecule has 1 aliphatic heterocycles. The molecule has 0 saturated heterocycles. The number of rotatable bonds is 5. The summed E-state index contributed by atoms with van der Waals surface area (Å²) in [7, 11) is 0. The first-order valence-corrected chi connectivity index (χ1v) is 8.25. The zero-order chi connectivity index (χ0) is 15.6. The molecule has 0 radical (unpaired) electrons. The van der Waals surface area contributed by atoms with Crippen LogP contribution in [0.2, 0.25) is 0 Å². The number of hydrogen-bond donors (Lipinski definition) is 1. The molecule has 0 unspecified atom stereocenters. The van der Waals surface area contributed by atoms with Crippen LogP contribution in [0.15, 0.2) is 42.6 Å². The SMILES string of the molecule is CCc1cc(NCCN2CCc3ccccc32)n2nccc2n1. The number of nitrogens with one attached hydrogen (secondary N) is 1. The molecule has 3 aromatic rings. The smallest absolute Gasteiger partial charge is 0.157 e.